The van der Waals surface area contributed by atoms with Gasteiger partial charge < -0.3 is 20.9 Å². The number of carbonyl (C=O) groups is 1. The fourth-order valence-corrected chi connectivity index (χ4v) is 1.13. The number of carboxylic acid groups (broad SMARTS) is 1. The molecular weight excluding hydrogens is 196 g/mol. The third-order valence-corrected chi connectivity index (χ3v) is 1.92. The highest BCUT2D eigenvalue weighted by atomic mass is 16.5. The number of ether oxygens (including phenoxy) is 1. The minimum absolute atomic E-state index is 0.212. The van der Waals surface area contributed by atoms with Gasteiger partial charge in [-0.3, -0.25) is 0 Å². The number of aromatic carboxylic acids is 1. The molecule has 0 amide bonds. The van der Waals surface area contributed by atoms with Crippen molar-refractivity contribution in [1.29, 1.82) is 0 Å². The summed E-state index contributed by atoms with van der Waals surface area (Å²) in [6, 6.07) is 4.55. The molecule has 0 unspecified atom stereocenters. The lowest BCUT2D eigenvalue weighted by Crippen LogP contribution is -2.10. The molecule has 1 rings (SSSR count). The summed E-state index contributed by atoms with van der Waals surface area (Å²) < 4.78 is 4.86. The van der Waals surface area contributed by atoms with Gasteiger partial charge in [-0.1, -0.05) is 0 Å². The molecule has 0 bridgehead atoms. The van der Waals surface area contributed by atoms with Crippen LogP contribution in [0.2, 0.25) is 0 Å². The second-order valence-electron chi connectivity index (χ2n) is 3.03. The third-order valence-electron chi connectivity index (χ3n) is 1.92. The predicted molar refractivity (Wildman–Crippen MR) is 58.2 cm³/mol. The van der Waals surface area contributed by atoms with Crippen LogP contribution in [-0.2, 0) is 4.74 Å². The Morgan fingerprint density at radius 1 is 1.60 bits per heavy atom. The molecule has 0 radical (unpaired) electrons. The molecular formula is C10H14N2O3. The summed E-state index contributed by atoms with van der Waals surface area (Å²) in [7, 11) is 1.60. The zero-order chi connectivity index (χ0) is 11.3. The van der Waals surface area contributed by atoms with Gasteiger partial charge in [-0.25, -0.2) is 4.79 Å². The Kier molecular flexibility index (Phi) is 3.93. The molecule has 5 heteroatoms. The number of nitrogens with two attached hydrogens (primary N) is 1. The number of carboxylic acids is 1. The summed E-state index contributed by atoms with van der Waals surface area (Å²) in [6.07, 6.45) is 0. The van der Waals surface area contributed by atoms with Gasteiger partial charge in [-0.15, -0.1) is 0 Å². The van der Waals surface area contributed by atoms with Gasteiger partial charge in [0.15, 0.2) is 0 Å². The zero-order valence-electron chi connectivity index (χ0n) is 8.49. The molecule has 0 saturated heterocycles. The van der Waals surface area contributed by atoms with Crippen LogP contribution in [0.1, 0.15) is 10.4 Å². The third kappa shape index (κ3) is 3.14. The Labute approximate surface area is 87.9 Å². The molecule has 0 saturated carbocycles. The first-order valence-electron chi connectivity index (χ1n) is 4.50. The van der Waals surface area contributed by atoms with Gasteiger partial charge in [0.25, 0.3) is 0 Å². The van der Waals surface area contributed by atoms with E-state index in [2.05, 4.69) is 5.32 Å². The molecule has 4 N–H and O–H groups in total. The number of nitrogen functional groups attached to an aromatic ring is 1. The van der Waals surface area contributed by atoms with Crippen LogP contribution in [0.4, 0.5) is 11.4 Å². The van der Waals surface area contributed by atoms with Crippen LogP contribution >= 0.6 is 0 Å². The molecule has 0 aromatic heterocycles. The van der Waals surface area contributed by atoms with E-state index in [1.807, 2.05) is 0 Å². The van der Waals surface area contributed by atoms with Crippen molar-refractivity contribution in [2.45, 2.75) is 0 Å². The number of benzene rings is 1. The van der Waals surface area contributed by atoms with Gasteiger partial charge >= 0.3 is 5.97 Å². The molecule has 0 heterocycles. The first-order chi connectivity index (χ1) is 7.15. The lowest BCUT2D eigenvalue weighted by molar-refractivity contribution is 0.0697. The van der Waals surface area contributed by atoms with Crippen LogP contribution in [0.5, 0.6) is 0 Å². The Morgan fingerprint density at radius 2 is 2.33 bits per heavy atom. The first kappa shape index (κ1) is 11.3. The van der Waals surface area contributed by atoms with Crippen LogP contribution in [0.15, 0.2) is 18.2 Å². The average Bonchev–Trinajstić information content (AvgIpc) is 2.20. The van der Waals surface area contributed by atoms with Crippen molar-refractivity contribution in [3.8, 4) is 0 Å². The van der Waals surface area contributed by atoms with E-state index >= 15 is 0 Å². The van der Waals surface area contributed by atoms with Crippen molar-refractivity contribution >= 4 is 17.3 Å². The summed E-state index contributed by atoms with van der Waals surface area (Å²) in [5.74, 6) is -0.968. The smallest absolute Gasteiger partial charge is 0.335 e. The molecule has 0 fully saturated rings. The molecule has 82 valence electrons. The summed E-state index contributed by atoms with van der Waals surface area (Å²) in [5.41, 5.74) is 7.03. The fraction of sp³-hybridized carbons (Fsp3) is 0.300. The molecule has 0 atom stereocenters. The van der Waals surface area contributed by atoms with Crippen molar-refractivity contribution in [3.05, 3.63) is 23.8 Å². The zero-order valence-corrected chi connectivity index (χ0v) is 8.49. The molecule has 0 spiro atoms. The summed E-state index contributed by atoms with van der Waals surface area (Å²) >= 11 is 0. The maximum atomic E-state index is 10.7. The average molecular weight is 210 g/mol. The Morgan fingerprint density at radius 3 is 2.93 bits per heavy atom. The second-order valence-corrected chi connectivity index (χ2v) is 3.03. The number of anilines is 2. The van der Waals surface area contributed by atoms with Gasteiger partial charge in [0.2, 0.25) is 0 Å². The van der Waals surface area contributed by atoms with Crippen LogP contribution in [0.25, 0.3) is 0 Å². The number of nitrogens with one attached hydrogen (secondary N) is 1. The van der Waals surface area contributed by atoms with Gasteiger partial charge in [-0.2, -0.15) is 0 Å². The Bertz CT molecular complexity index is 353. The second kappa shape index (κ2) is 5.21. The predicted octanol–water partition coefficient (Wildman–Crippen LogP) is 1.03. The lowest BCUT2D eigenvalue weighted by atomic mass is 10.2. The van der Waals surface area contributed by atoms with Crippen molar-refractivity contribution in [3.63, 3.8) is 0 Å². The molecule has 0 aliphatic carbocycles. The normalized spacial score (nSPS) is 9.93. The molecule has 1 aromatic rings. The highest BCUT2D eigenvalue weighted by molar-refractivity contribution is 5.90. The minimum Gasteiger partial charge on any atom is -0.478 e. The van der Waals surface area contributed by atoms with Gasteiger partial charge in [-0.05, 0) is 18.2 Å². The molecule has 0 aliphatic heterocycles. The highest BCUT2D eigenvalue weighted by Crippen LogP contribution is 2.19. The quantitative estimate of drug-likeness (QED) is 0.499. The standard InChI is InChI=1S/C10H14N2O3/c1-15-5-4-12-9-6-7(10(13)14)2-3-8(9)11/h2-3,6,12H,4-5,11H2,1H3,(H,13,14). The van der Waals surface area contributed by atoms with Crippen molar-refractivity contribution < 1.29 is 14.6 Å². The van der Waals surface area contributed by atoms with E-state index in [0.717, 1.165) is 0 Å². The Hall–Kier alpha value is -1.75. The van der Waals surface area contributed by atoms with E-state index in [1.54, 1.807) is 13.2 Å². The van der Waals surface area contributed by atoms with Gasteiger partial charge in [0, 0.05) is 13.7 Å². The van der Waals surface area contributed by atoms with Crippen molar-refractivity contribution in [1.82, 2.24) is 0 Å². The largest absolute Gasteiger partial charge is 0.478 e. The van der Waals surface area contributed by atoms with Gasteiger partial charge in [0.1, 0.15) is 0 Å². The lowest BCUT2D eigenvalue weighted by Gasteiger charge is -2.09. The number of hydrogen-bond acceptors (Lipinski definition) is 4. The van der Waals surface area contributed by atoms with E-state index in [1.165, 1.54) is 12.1 Å². The summed E-state index contributed by atoms with van der Waals surface area (Å²) in [4.78, 5) is 10.7. The number of rotatable bonds is 5. The summed E-state index contributed by atoms with van der Waals surface area (Å²) in [5, 5.41) is 11.8. The molecule has 15 heavy (non-hydrogen) atoms. The summed E-state index contributed by atoms with van der Waals surface area (Å²) in [6.45, 7) is 1.13. The van der Waals surface area contributed by atoms with Gasteiger partial charge in [0.05, 0.1) is 23.5 Å². The molecule has 5 nitrogen and oxygen atoms in total. The van der Waals surface area contributed by atoms with Crippen LogP contribution in [-0.4, -0.2) is 31.3 Å². The van der Waals surface area contributed by atoms with Crippen molar-refractivity contribution in [2.24, 2.45) is 0 Å². The van der Waals surface area contributed by atoms with Crippen molar-refractivity contribution in [2.75, 3.05) is 31.3 Å². The van der Waals surface area contributed by atoms with Crippen LogP contribution < -0.4 is 11.1 Å². The topological polar surface area (TPSA) is 84.6 Å². The number of hydrogen-bond donors (Lipinski definition) is 3. The maximum absolute atomic E-state index is 10.7. The number of methoxy groups -OCH3 is 1. The monoisotopic (exact) mass is 210 g/mol. The molecule has 0 aliphatic rings. The van der Waals surface area contributed by atoms with E-state index in [-0.39, 0.29) is 5.56 Å². The SMILES string of the molecule is COCCNc1cc(C(=O)O)ccc1N. The Balaban J connectivity index is 2.76. The van der Waals surface area contributed by atoms with Crippen LogP contribution in [0, 0.1) is 0 Å². The maximum Gasteiger partial charge on any atom is 0.335 e. The van der Waals surface area contributed by atoms with E-state index in [9.17, 15) is 4.79 Å². The van der Waals surface area contributed by atoms with E-state index in [4.69, 9.17) is 15.6 Å². The first-order valence-corrected chi connectivity index (χ1v) is 4.50. The van der Waals surface area contributed by atoms with E-state index < -0.39 is 5.97 Å². The molecule has 1 aromatic carbocycles. The highest BCUT2D eigenvalue weighted by Gasteiger charge is 2.05. The van der Waals surface area contributed by atoms with Crippen LogP contribution in [0.3, 0.4) is 0 Å². The fourth-order valence-electron chi connectivity index (χ4n) is 1.13. The minimum atomic E-state index is -0.968. The van der Waals surface area contributed by atoms with E-state index in [0.29, 0.717) is 24.5 Å².